The summed E-state index contributed by atoms with van der Waals surface area (Å²) in [4.78, 5) is 24.7. The molecule has 132 valence electrons. The molecule has 0 aliphatic carbocycles. The smallest absolute Gasteiger partial charge is 0.248 e. The first-order chi connectivity index (χ1) is 12.5. The standard InChI is InChI=1S/C21H19NO4/c1-13-4-5-14(2)18(10-13)22-20(23)9-6-15-12-26-19-11-16(25-3)7-8-17(19)21(15)24/h4-12H,1-3H3,(H,22,23)/b9-6+. The molecule has 0 aliphatic rings. The number of ether oxygens (including phenoxy) is 1. The molecule has 5 heteroatoms. The highest BCUT2D eigenvalue weighted by Gasteiger charge is 2.07. The summed E-state index contributed by atoms with van der Waals surface area (Å²) in [6, 6.07) is 10.8. The zero-order valence-electron chi connectivity index (χ0n) is 14.8. The predicted octanol–water partition coefficient (Wildman–Crippen LogP) is 4.07. The number of benzene rings is 2. The number of hydrogen-bond acceptors (Lipinski definition) is 4. The second-order valence-corrected chi connectivity index (χ2v) is 6.02. The van der Waals surface area contributed by atoms with Crippen LogP contribution in [0.5, 0.6) is 5.75 Å². The highest BCUT2D eigenvalue weighted by atomic mass is 16.5. The number of rotatable bonds is 4. The van der Waals surface area contributed by atoms with Crippen LogP contribution in [0.15, 0.2) is 57.9 Å². The Morgan fingerprint density at radius 1 is 1.15 bits per heavy atom. The second-order valence-electron chi connectivity index (χ2n) is 6.02. The molecule has 3 rings (SSSR count). The van der Waals surface area contributed by atoms with Gasteiger partial charge in [0.1, 0.15) is 17.6 Å². The Balaban J connectivity index is 1.83. The minimum absolute atomic E-state index is 0.204. The topological polar surface area (TPSA) is 68.5 Å². The lowest BCUT2D eigenvalue weighted by molar-refractivity contribution is -0.111. The van der Waals surface area contributed by atoms with Gasteiger partial charge in [-0.25, -0.2) is 0 Å². The summed E-state index contributed by atoms with van der Waals surface area (Å²) in [5, 5.41) is 3.25. The molecule has 0 bridgehead atoms. The van der Waals surface area contributed by atoms with E-state index in [-0.39, 0.29) is 11.3 Å². The van der Waals surface area contributed by atoms with E-state index in [4.69, 9.17) is 9.15 Å². The summed E-state index contributed by atoms with van der Waals surface area (Å²) in [7, 11) is 1.55. The molecule has 0 saturated heterocycles. The molecule has 0 fully saturated rings. The van der Waals surface area contributed by atoms with Crippen LogP contribution in [-0.2, 0) is 4.79 Å². The van der Waals surface area contributed by atoms with Crippen LogP contribution < -0.4 is 15.5 Å². The average Bonchev–Trinajstić information content (AvgIpc) is 2.64. The second kappa shape index (κ2) is 7.27. The number of fused-ring (bicyclic) bond motifs is 1. The molecular formula is C21H19NO4. The van der Waals surface area contributed by atoms with Crippen molar-refractivity contribution in [3.63, 3.8) is 0 Å². The van der Waals surface area contributed by atoms with Gasteiger partial charge in [0.15, 0.2) is 5.43 Å². The number of carbonyl (C=O) groups excluding carboxylic acids is 1. The van der Waals surface area contributed by atoms with Gasteiger partial charge >= 0.3 is 0 Å². The molecule has 3 aromatic rings. The van der Waals surface area contributed by atoms with Crippen LogP contribution in [0.2, 0.25) is 0 Å². The summed E-state index contributed by atoms with van der Waals surface area (Å²) in [6.07, 6.45) is 4.12. The van der Waals surface area contributed by atoms with E-state index in [1.807, 2.05) is 32.0 Å². The van der Waals surface area contributed by atoms with Crippen LogP contribution in [0.3, 0.4) is 0 Å². The van der Waals surface area contributed by atoms with Gasteiger partial charge < -0.3 is 14.5 Å². The molecule has 0 radical (unpaired) electrons. The fraction of sp³-hybridized carbons (Fsp3) is 0.143. The van der Waals surface area contributed by atoms with Crippen LogP contribution in [0.1, 0.15) is 16.7 Å². The van der Waals surface area contributed by atoms with E-state index >= 15 is 0 Å². The number of amides is 1. The van der Waals surface area contributed by atoms with E-state index in [0.717, 1.165) is 16.8 Å². The van der Waals surface area contributed by atoms with Crippen molar-refractivity contribution in [2.75, 3.05) is 12.4 Å². The van der Waals surface area contributed by atoms with Crippen molar-refractivity contribution in [2.45, 2.75) is 13.8 Å². The van der Waals surface area contributed by atoms with Crippen LogP contribution in [-0.4, -0.2) is 13.0 Å². The Morgan fingerprint density at radius 2 is 1.96 bits per heavy atom. The molecule has 1 heterocycles. The lowest BCUT2D eigenvalue weighted by Crippen LogP contribution is -2.10. The van der Waals surface area contributed by atoms with Crippen LogP contribution in [0.4, 0.5) is 5.69 Å². The third-order valence-corrected chi connectivity index (χ3v) is 4.07. The van der Waals surface area contributed by atoms with E-state index < -0.39 is 0 Å². The first kappa shape index (κ1) is 17.5. The fourth-order valence-corrected chi connectivity index (χ4v) is 2.58. The van der Waals surface area contributed by atoms with Gasteiger partial charge in [0.2, 0.25) is 5.91 Å². The SMILES string of the molecule is COc1ccc2c(=O)c(/C=C/C(=O)Nc3cc(C)ccc3C)coc2c1. The molecule has 1 amide bonds. The fourth-order valence-electron chi connectivity index (χ4n) is 2.58. The van der Waals surface area contributed by atoms with Gasteiger partial charge in [-0.15, -0.1) is 0 Å². The summed E-state index contributed by atoms with van der Waals surface area (Å²) >= 11 is 0. The monoisotopic (exact) mass is 349 g/mol. The molecule has 0 atom stereocenters. The Morgan fingerprint density at radius 3 is 2.73 bits per heavy atom. The quantitative estimate of drug-likeness (QED) is 0.721. The molecule has 0 unspecified atom stereocenters. The maximum atomic E-state index is 12.5. The highest BCUT2D eigenvalue weighted by Crippen LogP contribution is 2.19. The molecule has 0 spiro atoms. The van der Waals surface area contributed by atoms with E-state index in [2.05, 4.69) is 5.32 Å². The lowest BCUT2D eigenvalue weighted by atomic mass is 10.1. The van der Waals surface area contributed by atoms with Crippen molar-refractivity contribution >= 4 is 28.6 Å². The molecule has 1 N–H and O–H groups in total. The Hall–Kier alpha value is -3.34. The van der Waals surface area contributed by atoms with Crippen LogP contribution in [0, 0.1) is 13.8 Å². The van der Waals surface area contributed by atoms with Crippen molar-refractivity contribution in [2.24, 2.45) is 0 Å². The van der Waals surface area contributed by atoms with Crippen LogP contribution in [0.25, 0.3) is 17.0 Å². The van der Waals surface area contributed by atoms with E-state index in [1.54, 1.807) is 25.3 Å². The summed E-state index contributed by atoms with van der Waals surface area (Å²) in [5.74, 6) is 0.296. The molecule has 1 aromatic heterocycles. The van der Waals surface area contributed by atoms with Gasteiger partial charge in [0.05, 0.1) is 18.1 Å². The Labute approximate surface area is 150 Å². The number of aryl methyl sites for hydroxylation is 2. The van der Waals surface area contributed by atoms with Crippen molar-refractivity contribution in [3.05, 3.63) is 75.7 Å². The summed E-state index contributed by atoms with van der Waals surface area (Å²) in [6.45, 7) is 3.88. The van der Waals surface area contributed by atoms with Crippen molar-refractivity contribution in [1.82, 2.24) is 0 Å². The molecule has 2 aromatic carbocycles. The first-order valence-electron chi connectivity index (χ1n) is 8.14. The lowest BCUT2D eigenvalue weighted by Gasteiger charge is -2.07. The molecule has 0 saturated carbocycles. The largest absolute Gasteiger partial charge is 0.497 e. The van der Waals surface area contributed by atoms with Crippen LogP contribution >= 0.6 is 0 Å². The van der Waals surface area contributed by atoms with Gasteiger partial charge in [-0.05, 0) is 49.2 Å². The third-order valence-electron chi connectivity index (χ3n) is 4.07. The van der Waals surface area contributed by atoms with Gasteiger partial charge in [0.25, 0.3) is 0 Å². The summed E-state index contributed by atoms with van der Waals surface area (Å²) < 4.78 is 10.6. The molecule has 0 aliphatic heterocycles. The highest BCUT2D eigenvalue weighted by molar-refractivity contribution is 6.02. The third kappa shape index (κ3) is 3.67. The number of carbonyl (C=O) groups is 1. The van der Waals surface area contributed by atoms with Crippen molar-refractivity contribution in [1.29, 1.82) is 0 Å². The van der Waals surface area contributed by atoms with Crippen molar-refractivity contribution in [3.8, 4) is 5.75 Å². The van der Waals surface area contributed by atoms with Gasteiger partial charge in [-0.1, -0.05) is 12.1 Å². The van der Waals surface area contributed by atoms with E-state index in [0.29, 0.717) is 22.3 Å². The molecular weight excluding hydrogens is 330 g/mol. The zero-order valence-corrected chi connectivity index (χ0v) is 14.8. The maximum absolute atomic E-state index is 12.5. The number of anilines is 1. The number of hydrogen-bond donors (Lipinski definition) is 1. The molecule has 26 heavy (non-hydrogen) atoms. The van der Waals surface area contributed by atoms with Gasteiger partial charge in [-0.3, -0.25) is 9.59 Å². The first-order valence-corrected chi connectivity index (χ1v) is 8.14. The number of nitrogens with one attached hydrogen (secondary N) is 1. The van der Waals surface area contributed by atoms with Gasteiger partial charge in [0, 0.05) is 17.8 Å². The Bertz CT molecular complexity index is 1060. The molecule has 5 nitrogen and oxygen atoms in total. The minimum Gasteiger partial charge on any atom is -0.497 e. The van der Waals surface area contributed by atoms with E-state index in [9.17, 15) is 9.59 Å². The van der Waals surface area contributed by atoms with E-state index in [1.165, 1.54) is 18.4 Å². The van der Waals surface area contributed by atoms with Gasteiger partial charge in [-0.2, -0.15) is 0 Å². The van der Waals surface area contributed by atoms with Crippen molar-refractivity contribution < 1.29 is 13.9 Å². The normalized spacial score (nSPS) is 11.0. The average molecular weight is 349 g/mol. The predicted molar refractivity (Wildman–Crippen MR) is 103 cm³/mol. The number of methoxy groups -OCH3 is 1. The maximum Gasteiger partial charge on any atom is 0.248 e. The Kier molecular flexibility index (Phi) is 4.89. The summed E-state index contributed by atoms with van der Waals surface area (Å²) in [5.41, 5.74) is 3.31. The minimum atomic E-state index is -0.312. The zero-order chi connectivity index (χ0) is 18.7.